The fraction of sp³-hybridized carbons (Fsp3) is 0.135. The molecule has 2 amide bonds. The third-order valence-electron chi connectivity index (χ3n) is 8.61. The second-order valence-electron chi connectivity index (χ2n) is 12.2. The van der Waals surface area contributed by atoms with E-state index in [0.717, 1.165) is 21.9 Å². The molecular weight excluding hydrogens is 565 g/mol. The zero-order chi connectivity index (χ0) is 30.5. The topological polar surface area (TPSA) is 84.3 Å². The molecule has 7 heteroatoms. The molecule has 1 aliphatic heterocycles. The van der Waals surface area contributed by atoms with Crippen LogP contribution in [0.15, 0.2) is 120 Å². The Kier molecular flexibility index (Phi) is 6.72. The number of nitrogens with one attached hydrogen (secondary N) is 2. The summed E-state index contributed by atoms with van der Waals surface area (Å²) in [5.41, 5.74) is 4.41. The standard InChI is InChI=1S/C37H32N2O4Si/c1-37(2,3)44(25-14-6-4-7-15-25,26-16-8-5-9-17-26)43-22-24-13-12-19-28-29(21-38-34(24)28)32-33(36(41)39-35(32)40)30-23-42-31-20-11-10-18-27(30)31/h4-21,23,38H,22H2,1-3H3,(H,39,40,41). The van der Waals surface area contributed by atoms with Gasteiger partial charge in [0.25, 0.3) is 20.1 Å². The predicted molar refractivity (Wildman–Crippen MR) is 177 cm³/mol. The molecule has 0 spiro atoms. The van der Waals surface area contributed by atoms with E-state index in [1.54, 1.807) is 6.26 Å². The van der Waals surface area contributed by atoms with Crippen LogP contribution in [-0.2, 0) is 20.6 Å². The van der Waals surface area contributed by atoms with Gasteiger partial charge in [0.15, 0.2) is 0 Å². The molecule has 0 aliphatic carbocycles. The number of aromatic amines is 1. The molecule has 0 saturated heterocycles. The maximum Gasteiger partial charge on any atom is 0.261 e. The minimum atomic E-state index is -2.77. The number of imide groups is 1. The minimum absolute atomic E-state index is 0.167. The molecule has 0 atom stereocenters. The number of para-hydroxylation sites is 2. The Labute approximate surface area is 256 Å². The Morgan fingerprint density at radius 3 is 1.95 bits per heavy atom. The van der Waals surface area contributed by atoms with Gasteiger partial charge in [0.05, 0.1) is 29.5 Å². The highest BCUT2D eigenvalue weighted by atomic mass is 28.4. The smallest absolute Gasteiger partial charge is 0.261 e. The first kappa shape index (κ1) is 27.8. The van der Waals surface area contributed by atoms with Gasteiger partial charge in [-0.15, -0.1) is 0 Å². The number of furan rings is 1. The van der Waals surface area contributed by atoms with Gasteiger partial charge in [-0.25, -0.2) is 0 Å². The van der Waals surface area contributed by atoms with Gasteiger partial charge in [0.1, 0.15) is 5.58 Å². The van der Waals surface area contributed by atoms with Crippen molar-refractivity contribution in [2.24, 2.45) is 0 Å². The van der Waals surface area contributed by atoms with E-state index in [4.69, 9.17) is 8.84 Å². The molecule has 1 aliphatic rings. The highest BCUT2D eigenvalue weighted by Gasteiger charge is 2.50. The summed E-state index contributed by atoms with van der Waals surface area (Å²) in [7, 11) is -2.77. The summed E-state index contributed by atoms with van der Waals surface area (Å²) in [5.74, 6) is -0.859. The summed E-state index contributed by atoms with van der Waals surface area (Å²) in [5, 5.41) is 6.39. The van der Waals surface area contributed by atoms with Crippen LogP contribution in [0.2, 0.25) is 5.04 Å². The van der Waals surface area contributed by atoms with Gasteiger partial charge in [-0.05, 0) is 21.5 Å². The van der Waals surface area contributed by atoms with Crippen LogP contribution in [0.4, 0.5) is 0 Å². The SMILES string of the molecule is CC(C)(C)[Si](OCc1cccc2c(C3=C(c4coc5ccccc45)C(=O)NC3=O)c[nH]c12)(c1ccccc1)c1ccccc1. The number of carbonyl (C=O) groups is 2. The van der Waals surface area contributed by atoms with E-state index < -0.39 is 20.1 Å². The highest BCUT2D eigenvalue weighted by Crippen LogP contribution is 2.40. The zero-order valence-corrected chi connectivity index (χ0v) is 25.8. The summed E-state index contributed by atoms with van der Waals surface area (Å²) in [4.78, 5) is 29.8. The van der Waals surface area contributed by atoms with Crippen molar-refractivity contribution in [2.45, 2.75) is 32.4 Å². The second-order valence-corrected chi connectivity index (χ2v) is 16.5. The molecule has 7 rings (SSSR count). The fourth-order valence-corrected chi connectivity index (χ4v) is 11.2. The quantitative estimate of drug-likeness (QED) is 0.162. The van der Waals surface area contributed by atoms with Gasteiger partial charge in [-0.1, -0.05) is 118 Å². The van der Waals surface area contributed by atoms with Crippen molar-refractivity contribution in [1.82, 2.24) is 10.3 Å². The van der Waals surface area contributed by atoms with E-state index in [0.29, 0.717) is 34.5 Å². The Bertz CT molecular complexity index is 2030. The highest BCUT2D eigenvalue weighted by molar-refractivity contribution is 6.99. The van der Waals surface area contributed by atoms with Crippen molar-refractivity contribution < 1.29 is 18.4 Å². The molecule has 6 aromatic rings. The van der Waals surface area contributed by atoms with Crippen LogP contribution < -0.4 is 15.7 Å². The largest absolute Gasteiger partial charge is 0.464 e. The first-order valence-corrected chi connectivity index (χ1v) is 16.6. The number of H-pyrrole nitrogens is 1. The molecule has 0 saturated carbocycles. The van der Waals surface area contributed by atoms with E-state index in [2.05, 4.69) is 85.7 Å². The molecule has 4 aromatic carbocycles. The summed E-state index contributed by atoms with van der Waals surface area (Å²) < 4.78 is 13.0. The third-order valence-corrected chi connectivity index (χ3v) is 13.6. The van der Waals surface area contributed by atoms with Gasteiger partial charge in [0, 0.05) is 33.7 Å². The molecule has 0 fully saturated rings. The zero-order valence-electron chi connectivity index (χ0n) is 24.8. The first-order valence-electron chi connectivity index (χ1n) is 14.7. The van der Waals surface area contributed by atoms with Gasteiger partial charge < -0.3 is 13.8 Å². The number of hydrogen-bond acceptors (Lipinski definition) is 4. The molecule has 6 nitrogen and oxygen atoms in total. The Balaban J connectivity index is 1.34. The maximum atomic E-state index is 13.3. The van der Waals surface area contributed by atoms with Crippen molar-refractivity contribution in [3.05, 3.63) is 132 Å². The first-order chi connectivity index (χ1) is 21.3. The number of rotatable bonds is 7. The molecule has 3 heterocycles. The number of carbonyl (C=O) groups excluding carboxylic acids is 2. The van der Waals surface area contributed by atoms with Crippen molar-refractivity contribution in [3.8, 4) is 0 Å². The van der Waals surface area contributed by atoms with Crippen molar-refractivity contribution in [1.29, 1.82) is 0 Å². The van der Waals surface area contributed by atoms with Crippen LogP contribution in [-0.4, -0.2) is 25.1 Å². The molecule has 218 valence electrons. The number of hydrogen-bond donors (Lipinski definition) is 2. The fourth-order valence-electron chi connectivity index (χ4n) is 6.63. The number of fused-ring (bicyclic) bond motifs is 2. The van der Waals surface area contributed by atoms with Crippen LogP contribution in [0.5, 0.6) is 0 Å². The minimum Gasteiger partial charge on any atom is -0.464 e. The normalized spacial score (nSPS) is 14.2. The maximum absolute atomic E-state index is 13.3. The molecular formula is C37H32N2O4Si. The molecule has 2 aromatic heterocycles. The van der Waals surface area contributed by atoms with Gasteiger partial charge in [0.2, 0.25) is 0 Å². The third kappa shape index (κ3) is 4.35. The van der Waals surface area contributed by atoms with Gasteiger partial charge in [-0.3, -0.25) is 14.9 Å². The Hall–Kier alpha value is -4.98. The predicted octanol–water partition coefficient (Wildman–Crippen LogP) is 6.56. The lowest BCUT2D eigenvalue weighted by atomic mass is 9.95. The number of benzene rings is 4. The summed E-state index contributed by atoms with van der Waals surface area (Å²) in [6.07, 6.45) is 3.36. The van der Waals surface area contributed by atoms with Crippen LogP contribution >= 0.6 is 0 Å². The van der Waals surface area contributed by atoms with E-state index in [-0.39, 0.29) is 5.04 Å². The molecule has 2 N–H and O–H groups in total. The van der Waals surface area contributed by atoms with E-state index >= 15 is 0 Å². The van der Waals surface area contributed by atoms with Crippen LogP contribution in [0, 0.1) is 0 Å². The summed E-state index contributed by atoms with van der Waals surface area (Å²) in [6, 6.07) is 34.6. The molecule has 0 radical (unpaired) electrons. The summed E-state index contributed by atoms with van der Waals surface area (Å²) >= 11 is 0. The number of amides is 2. The van der Waals surface area contributed by atoms with Crippen molar-refractivity contribution in [3.63, 3.8) is 0 Å². The van der Waals surface area contributed by atoms with Crippen LogP contribution in [0.1, 0.15) is 37.5 Å². The van der Waals surface area contributed by atoms with E-state index in [9.17, 15) is 9.59 Å². The Morgan fingerprint density at radius 2 is 1.30 bits per heavy atom. The lowest BCUT2D eigenvalue weighted by molar-refractivity contribution is -0.122. The van der Waals surface area contributed by atoms with Crippen molar-refractivity contribution in [2.75, 3.05) is 0 Å². The van der Waals surface area contributed by atoms with Gasteiger partial charge in [-0.2, -0.15) is 0 Å². The molecule has 0 bridgehead atoms. The molecule has 44 heavy (non-hydrogen) atoms. The van der Waals surface area contributed by atoms with Crippen LogP contribution in [0.25, 0.3) is 33.0 Å². The van der Waals surface area contributed by atoms with E-state index in [1.807, 2.05) is 54.7 Å². The second kappa shape index (κ2) is 10.6. The summed E-state index contributed by atoms with van der Waals surface area (Å²) in [6.45, 7) is 7.15. The van der Waals surface area contributed by atoms with Crippen LogP contribution in [0.3, 0.4) is 0 Å². The van der Waals surface area contributed by atoms with Gasteiger partial charge >= 0.3 is 0 Å². The van der Waals surface area contributed by atoms with E-state index in [1.165, 1.54) is 10.4 Å². The molecule has 0 unspecified atom stereocenters. The average molecular weight is 597 g/mol. The average Bonchev–Trinajstić information content (AvgIpc) is 3.72. The number of aromatic nitrogens is 1. The lowest BCUT2D eigenvalue weighted by Gasteiger charge is -2.43. The monoisotopic (exact) mass is 596 g/mol. The Morgan fingerprint density at radius 1 is 0.705 bits per heavy atom. The lowest BCUT2D eigenvalue weighted by Crippen LogP contribution is -2.66. The van der Waals surface area contributed by atoms with Crippen molar-refractivity contribution >= 4 is 63.5 Å².